The Labute approximate surface area is 128 Å². The van der Waals surface area contributed by atoms with Gasteiger partial charge in [-0.3, -0.25) is 9.78 Å². The van der Waals surface area contributed by atoms with E-state index in [1.807, 2.05) is 0 Å². The third kappa shape index (κ3) is 4.79. The second-order valence-corrected chi connectivity index (χ2v) is 4.95. The highest BCUT2D eigenvalue weighted by molar-refractivity contribution is 14.1. The van der Waals surface area contributed by atoms with Crippen molar-refractivity contribution in [2.45, 2.75) is 18.1 Å². The lowest BCUT2D eigenvalue weighted by molar-refractivity contribution is -0.275. The van der Waals surface area contributed by atoms with Gasteiger partial charge in [0.15, 0.2) is 5.75 Å². The number of halogens is 5. The monoisotopic (exact) mass is 453 g/mol. The van der Waals surface area contributed by atoms with E-state index in [0.29, 0.717) is 10.9 Å². The molecule has 0 aliphatic heterocycles. The number of aromatic nitrogens is 1. The lowest BCUT2D eigenvalue weighted by Gasteiger charge is -2.15. The van der Waals surface area contributed by atoms with Gasteiger partial charge in [0.25, 0.3) is 0 Å². The summed E-state index contributed by atoms with van der Waals surface area (Å²) >= 11 is 4.86. The highest BCUT2D eigenvalue weighted by Crippen LogP contribution is 2.33. The number of methoxy groups -OCH3 is 1. The third-order valence-electron chi connectivity index (χ3n) is 2.02. The quantitative estimate of drug-likeness (QED) is 0.399. The average Bonchev–Trinajstić information content (AvgIpc) is 2.32. The molecule has 0 aliphatic rings. The van der Waals surface area contributed by atoms with E-state index in [1.165, 1.54) is 6.20 Å². The number of hydrogen-bond acceptors (Lipinski definition) is 4. The first-order valence-corrected chi connectivity index (χ1v) is 7.03. The van der Waals surface area contributed by atoms with Crippen LogP contribution in [-0.4, -0.2) is 24.4 Å². The van der Waals surface area contributed by atoms with Gasteiger partial charge in [0.05, 0.1) is 22.8 Å². The Bertz CT molecular complexity index is 482. The maximum absolute atomic E-state index is 12.4. The molecule has 1 rings (SSSR count). The summed E-state index contributed by atoms with van der Waals surface area (Å²) in [7, 11) is 1.14. The van der Waals surface area contributed by atoms with Crippen LogP contribution in [0.1, 0.15) is 11.3 Å². The number of carbonyl (C=O) groups is 1. The zero-order valence-electron chi connectivity index (χ0n) is 9.55. The first kappa shape index (κ1) is 16.5. The Balaban J connectivity index is 3.22. The van der Waals surface area contributed by atoms with Gasteiger partial charge in [-0.25, -0.2) is 0 Å². The van der Waals surface area contributed by atoms with Crippen molar-refractivity contribution in [3.8, 4) is 5.75 Å². The van der Waals surface area contributed by atoms with E-state index >= 15 is 0 Å². The van der Waals surface area contributed by atoms with Crippen LogP contribution in [0, 0.1) is 3.57 Å². The molecule has 0 radical (unpaired) electrons. The molecule has 0 aromatic carbocycles. The van der Waals surface area contributed by atoms with Crippen molar-refractivity contribution >= 4 is 44.5 Å². The second-order valence-electron chi connectivity index (χ2n) is 3.31. The van der Waals surface area contributed by atoms with Gasteiger partial charge < -0.3 is 9.47 Å². The summed E-state index contributed by atoms with van der Waals surface area (Å²) in [6, 6.07) is 0. The molecule has 1 aromatic heterocycles. The van der Waals surface area contributed by atoms with Crippen molar-refractivity contribution in [2.24, 2.45) is 0 Å². The van der Waals surface area contributed by atoms with Crippen molar-refractivity contribution in [3.05, 3.63) is 21.0 Å². The van der Waals surface area contributed by atoms with Gasteiger partial charge in [-0.05, 0) is 28.2 Å². The Hall–Kier alpha value is -0.580. The van der Waals surface area contributed by atoms with Crippen LogP contribution in [0.2, 0.25) is 0 Å². The van der Waals surface area contributed by atoms with Crippen molar-refractivity contribution < 1.29 is 27.4 Å². The summed E-state index contributed by atoms with van der Waals surface area (Å²) < 4.78 is 45.7. The fraction of sp³-hybridized carbons (Fsp3) is 0.400. The molecule has 0 atom stereocenters. The van der Waals surface area contributed by atoms with Crippen LogP contribution in [0.4, 0.5) is 13.2 Å². The Morgan fingerprint density at radius 3 is 2.63 bits per heavy atom. The van der Waals surface area contributed by atoms with E-state index in [-0.39, 0.29) is 15.7 Å². The molecule has 4 nitrogen and oxygen atoms in total. The molecule has 0 N–H and O–H groups in total. The van der Waals surface area contributed by atoms with Gasteiger partial charge in [-0.1, -0.05) is 15.9 Å². The number of carbonyl (C=O) groups excluding carboxylic acids is 1. The minimum Gasteiger partial charge on any atom is -0.469 e. The van der Waals surface area contributed by atoms with E-state index in [9.17, 15) is 18.0 Å². The number of hydrogen-bond donors (Lipinski definition) is 0. The number of esters is 1. The van der Waals surface area contributed by atoms with Crippen LogP contribution >= 0.6 is 38.5 Å². The van der Waals surface area contributed by atoms with Crippen LogP contribution in [0.3, 0.4) is 0 Å². The Morgan fingerprint density at radius 1 is 1.53 bits per heavy atom. The minimum absolute atomic E-state index is 0.113. The molecule has 1 aromatic rings. The molecule has 0 fully saturated rings. The summed E-state index contributed by atoms with van der Waals surface area (Å²) in [5, 5.41) is 0.324. The molecule has 0 saturated heterocycles. The Morgan fingerprint density at radius 2 is 2.16 bits per heavy atom. The lowest BCUT2D eigenvalue weighted by atomic mass is 10.2. The molecule has 0 saturated carbocycles. The fourth-order valence-electron chi connectivity index (χ4n) is 1.19. The molecular weight excluding hydrogens is 446 g/mol. The first-order chi connectivity index (χ1) is 8.78. The van der Waals surface area contributed by atoms with E-state index < -0.39 is 18.1 Å². The molecule has 0 amide bonds. The SMILES string of the molecule is COC(=O)Cc1ncc(CBr)c(I)c1OC(F)(F)F. The van der Waals surface area contributed by atoms with E-state index in [1.54, 1.807) is 22.6 Å². The predicted octanol–water partition coefficient (Wildman–Crippen LogP) is 3.20. The van der Waals surface area contributed by atoms with Gasteiger partial charge in [0.1, 0.15) is 0 Å². The standard InChI is InChI=1S/C10H8BrF3INO3/c1-18-7(17)2-6-9(19-10(12,13)14)8(15)5(3-11)4-16-6/h4H,2-3H2,1H3. The van der Waals surface area contributed by atoms with Crippen LogP contribution in [0.5, 0.6) is 5.75 Å². The molecule has 19 heavy (non-hydrogen) atoms. The molecular formula is C10H8BrF3INO3. The molecule has 1 heterocycles. The van der Waals surface area contributed by atoms with Gasteiger partial charge in [0.2, 0.25) is 0 Å². The topological polar surface area (TPSA) is 48.4 Å². The van der Waals surface area contributed by atoms with Crippen LogP contribution in [-0.2, 0) is 21.3 Å². The van der Waals surface area contributed by atoms with Crippen molar-refractivity contribution in [1.29, 1.82) is 0 Å². The van der Waals surface area contributed by atoms with Crippen LogP contribution in [0.25, 0.3) is 0 Å². The summed E-state index contributed by atoms with van der Waals surface area (Å²) in [6.45, 7) is 0. The number of alkyl halides is 4. The summed E-state index contributed by atoms with van der Waals surface area (Å²) in [4.78, 5) is 15.0. The van der Waals surface area contributed by atoms with Crippen molar-refractivity contribution in [1.82, 2.24) is 4.98 Å². The normalized spacial score (nSPS) is 11.3. The van der Waals surface area contributed by atoms with Gasteiger partial charge in [-0.15, -0.1) is 13.2 Å². The summed E-state index contributed by atoms with van der Waals surface area (Å²) in [5.74, 6) is -1.16. The number of ether oxygens (including phenoxy) is 2. The third-order valence-corrected chi connectivity index (χ3v) is 3.81. The molecule has 9 heteroatoms. The van der Waals surface area contributed by atoms with E-state index in [4.69, 9.17) is 0 Å². The Kier molecular flexibility index (Phi) is 5.83. The second kappa shape index (κ2) is 6.73. The van der Waals surface area contributed by atoms with Crippen molar-refractivity contribution in [2.75, 3.05) is 7.11 Å². The number of rotatable bonds is 4. The largest absolute Gasteiger partial charge is 0.573 e. The maximum atomic E-state index is 12.4. The van der Waals surface area contributed by atoms with E-state index in [2.05, 4.69) is 30.4 Å². The van der Waals surface area contributed by atoms with Gasteiger partial charge in [-0.2, -0.15) is 0 Å². The maximum Gasteiger partial charge on any atom is 0.573 e. The number of nitrogens with zero attached hydrogens (tertiary/aromatic N) is 1. The molecule has 106 valence electrons. The zero-order chi connectivity index (χ0) is 14.6. The molecule has 0 bridgehead atoms. The van der Waals surface area contributed by atoms with E-state index in [0.717, 1.165) is 7.11 Å². The first-order valence-electron chi connectivity index (χ1n) is 4.83. The smallest absolute Gasteiger partial charge is 0.469 e. The highest BCUT2D eigenvalue weighted by atomic mass is 127. The molecule has 0 aliphatic carbocycles. The van der Waals surface area contributed by atoms with Gasteiger partial charge >= 0.3 is 12.3 Å². The number of pyridine rings is 1. The fourth-order valence-corrected chi connectivity index (χ4v) is 2.89. The van der Waals surface area contributed by atoms with Crippen LogP contribution in [0.15, 0.2) is 6.20 Å². The summed E-state index contributed by atoms with van der Waals surface area (Å²) in [6.07, 6.45) is -3.85. The average molecular weight is 454 g/mol. The van der Waals surface area contributed by atoms with Crippen LogP contribution < -0.4 is 4.74 Å². The highest BCUT2D eigenvalue weighted by Gasteiger charge is 2.34. The zero-order valence-corrected chi connectivity index (χ0v) is 13.3. The summed E-state index contributed by atoms with van der Waals surface area (Å²) in [5.41, 5.74) is 0.423. The molecule has 0 spiro atoms. The predicted molar refractivity (Wildman–Crippen MR) is 72.0 cm³/mol. The molecule has 0 unspecified atom stereocenters. The van der Waals surface area contributed by atoms with Gasteiger partial charge in [0, 0.05) is 11.5 Å². The minimum atomic E-state index is -4.85. The lowest BCUT2D eigenvalue weighted by Crippen LogP contribution is -2.21. The van der Waals surface area contributed by atoms with Crippen molar-refractivity contribution in [3.63, 3.8) is 0 Å².